The maximum absolute atomic E-state index is 15.7. The summed E-state index contributed by atoms with van der Waals surface area (Å²) in [6.45, 7) is 2.77. The number of carbonyl (C=O) groups excluding carboxylic acids is 2. The lowest BCUT2D eigenvalue weighted by Gasteiger charge is -2.52. The Morgan fingerprint density at radius 1 is 0.815 bits per heavy atom. The molecule has 2 bridgehead atoms. The lowest BCUT2D eigenvalue weighted by atomic mass is 9.56. The van der Waals surface area contributed by atoms with Crippen molar-refractivity contribution in [1.82, 2.24) is 0 Å². The normalized spacial score (nSPS) is 30.0. The molecule has 5 aliphatic carbocycles. The minimum atomic E-state index is -1.31. The predicted molar refractivity (Wildman–Crippen MR) is 312 cm³/mol. The predicted octanol–water partition coefficient (Wildman–Crippen LogP) is 13.3. The first-order valence-corrected chi connectivity index (χ1v) is 30.6. The Morgan fingerprint density at radius 2 is 1.62 bits per heavy atom. The summed E-state index contributed by atoms with van der Waals surface area (Å²) in [5.41, 5.74) is 7.38. The number of aryl methyl sites for hydroxylation is 1. The van der Waals surface area contributed by atoms with Gasteiger partial charge in [-0.3, -0.25) is 4.79 Å². The van der Waals surface area contributed by atoms with Crippen molar-refractivity contribution in [2.24, 2.45) is 23.2 Å². The summed E-state index contributed by atoms with van der Waals surface area (Å²) < 4.78 is 33.4. The Balaban J connectivity index is 0.984. The van der Waals surface area contributed by atoms with E-state index >= 15 is 9.59 Å². The average Bonchev–Trinajstić information content (AvgIpc) is 3.05. The van der Waals surface area contributed by atoms with Gasteiger partial charge in [-0.2, -0.15) is 0 Å². The first kappa shape index (κ1) is 55.7. The third kappa shape index (κ3) is 10.1. The van der Waals surface area contributed by atoms with Crippen LogP contribution in [0.15, 0.2) is 111 Å². The van der Waals surface area contributed by atoms with Crippen molar-refractivity contribution in [1.29, 1.82) is 0 Å². The van der Waals surface area contributed by atoms with Gasteiger partial charge in [0.2, 0.25) is 0 Å². The lowest BCUT2D eigenvalue weighted by molar-refractivity contribution is -0.203. The van der Waals surface area contributed by atoms with Crippen LogP contribution in [-0.2, 0) is 42.2 Å². The maximum atomic E-state index is 15.7. The van der Waals surface area contributed by atoms with Gasteiger partial charge in [-0.1, -0.05) is 117 Å². The fourth-order valence-electron chi connectivity index (χ4n) is 17.1. The van der Waals surface area contributed by atoms with E-state index in [-0.39, 0.29) is 83.9 Å². The molecule has 0 amide bonds. The van der Waals surface area contributed by atoms with Crippen molar-refractivity contribution < 1.29 is 48.3 Å². The van der Waals surface area contributed by atoms with Crippen molar-refractivity contribution in [3.05, 3.63) is 163 Å². The van der Waals surface area contributed by atoms with Crippen molar-refractivity contribution >= 4 is 29.0 Å². The van der Waals surface area contributed by atoms with Crippen molar-refractivity contribution in [2.75, 3.05) is 26.9 Å². The third-order valence-corrected chi connectivity index (χ3v) is 21.3. The molecule has 1 spiro atoms. The Morgan fingerprint density at radius 3 is 2.41 bits per heavy atom. The molecule has 1 aromatic heterocycles. The van der Waals surface area contributed by atoms with E-state index in [1.165, 1.54) is 47.8 Å². The SMILES string of the molecule is COC[C@@H](CCO)c1c(CO)c2ccc3c(c2oc1=O)[C@H]1OC(=O)C[C@H]2C[C@@H](c4cccc([C@@]56CCCC[C@@H]5C=Cc5ccccc56)c4)CC[C@H]2c2ccc(cc2)CC/C(=C(\C)CO)C(=O)O[C@@H]1[C@](C)([C@H]1CCCC2(CCCC2)C1)O3. The van der Waals surface area contributed by atoms with Gasteiger partial charge in [0, 0.05) is 53.9 Å². The number of aliphatic hydroxyl groups is 3. The van der Waals surface area contributed by atoms with E-state index in [4.69, 9.17) is 23.4 Å². The molecule has 0 radical (unpaired) electrons. The minimum Gasteiger partial charge on any atom is -0.483 e. The largest absolute Gasteiger partial charge is 0.483 e. The molecular formula is C70H82O11. The second-order valence-corrected chi connectivity index (χ2v) is 25.6. The molecule has 3 N–H and O–H groups in total. The number of allylic oxidation sites excluding steroid dienone is 1. The van der Waals surface area contributed by atoms with Gasteiger partial charge in [0.1, 0.15) is 16.9 Å². The number of hydrogen-bond acceptors (Lipinski definition) is 11. The summed E-state index contributed by atoms with van der Waals surface area (Å²) in [6, 6.07) is 30.6. The van der Waals surface area contributed by atoms with E-state index in [1.807, 2.05) is 13.0 Å². The molecule has 0 unspecified atom stereocenters. The first-order chi connectivity index (χ1) is 39.4. The summed E-state index contributed by atoms with van der Waals surface area (Å²) in [7, 11) is 1.52. The van der Waals surface area contributed by atoms with E-state index in [9.17, 15) is 20.1 Å². The number of rotatable bonds is 10. The van der Waals surface area contributed by atoms with Crippen LogP contribution in [0.4, 0.5) is 0 Å². The van der Waals surface area contributed by atoms with Crippen molar-refractivity contribution in [2.45, 2.75) is 183 Å². The molecule has 5 aromatic rings. The van der Waals surface area contributed by atoms with Gasteiger partial charge in [-0.15, -0.1) is 0 Å². The zero-order valence-electron chi connectivity index (χ0n) is 47.7. The van der Waals surface area contributed by atoms with E-state index < -0.39 is 47.9 Å². The molecule has 11 heteroatoms. The summed E-state index contributed by atoms with van der Waals surface area (Å²) in [6.07, 6.45) is 18.9. The molecule has 10 atom stereocenters. The maximum Gasteiger partial charge on any atom is 0.340 e. The molecule has 11 nitrogen and oxygen atoms in total. The minimum absolute atomic E-state index is 0.0526. The van der Waals surface area contributed by atoms with E-state index in [2.05, 4.69) is 84.9 Å². The number of hydrogen-bond donors (Lipinski definition) is 3. The van der Waals surface area contributed by atoms with Gasteiger partial charge in [-0.05, 0) is 183 Å². The topological polar surface area (TPSA) is 162 Å². The van der Waals surface area contributed by atoms with Crippen LogP contribution in [0, 0.1) is 23.2 Å². The van der Waals surface area contributed by atoms with Crippen LogP contribution in [0.2, 0.25) is 0 Å². The monoisotopic (exact) mass is 1100 g/mol. The number of aliphatic hydroxyl groups excluding tert-OH is 3. The van der Waals surface area contributed by atoms with Crippen molar-refractivity contribution in [3.63, 3.8) is 0 Å². The highest BCUT2D eigenvalue weighted by Gasteiger charge is 2.59. The molecule has 4 fully saturated rings. The quantitative estimate of drug-likeness (QED) is 0.0693. The second kappa shape index (κ2) is 23.1. The zero-order valence-corrected chi connectivity index (χ0v) is 47.7. The zero-order chi connectivity index (χ0) is 56.0. The summed E-state index contributed by atoms with van der Waals surface area (Å²) in [5, 5.41) is 32.5. The number of esters is 2. The van der Waals surface area contributed by atoms with Crippen LogP contribution in [0.5, 0.6) is 5.75 Å². The van der Waals surface area contributed by atoms with Gasteiger partial charge in [0.25, 0.3) is 0 Å². The van der Waals surface area contributed by atoms with Gasteiger partial charge in [0.15, 0.2) is 12.2 Å². The number of methoxy groups -OCH3 is 1. The van der Waals surface area contributed by atoms with Crippen LogP contribution in [0.1, 0.15) is 203 Å². The van der Waals surface area contributed by atoms with Gasteiger partial charge in [-0.25, -0.2) is 9.59 Å². The molecule has 13 rings (SSSR count). The fourth-order valence-corrected chi connectivity index (χ4v) is 17.1. The molecule has 4 aromatic carbocycles. The first-order valence-electron chi connectivity index (χ1n) is 30.6. The second-order valence-electron chi connectivity index (χ2n) is 25.6. The Bertz CT molecular complexity index is 3270. The third-order valence-electron chi connectivity index (χ3n) is 21.3. The number of ether oxygens (including phenoxy) is 4. The molecule has 0 saturated heterocycles. The van der Waals surface area contributed by atoms with Crippen LogP contribution >= 0.6 is 0 Å². The molecule has 8 aliphatic rings. The van der Waals surface area contributed by atoms with Crippen molar-refractivity contribution in [3.8, 4) is 5.75 Å². The van der Waals surface area contributed by atoms with Crippen LogP contribution < -0.4 is 10.4 Å². The molecule has 4 saturated carbocycles. The number of fused-ring (bicyclic) bond motifs is 14. The highest BCUT2D eigenvalue weighted by Crippen LogP contribution is 2.59. The lowest BCUT2D eigenvalue weighted by Crippen LogP contribution is -2.59. The standard InChI is InChI=1S/C70H82O11/c1-43(40-72)54-26-20-44-18-21-45(22-19-44)55-27-24-48(47-13-10-15-52(37-47)70-34-7-6-14-51(70)25-23-46-12-4-5-17-58(46)70)36-50(55)38-60(74)78-64-62-59(29-28-56-57(41-73)61(67(76)79-63(56)62)49(30-35-71)42-77-3)81-68(2,65(64)80-66(54)75)53-16-11-33-69(39-53)31-8-9-32-69/h4-5,10,12-13,15,17-19,21-23,25,28-29,37,48-51,53,55,64-65,71-73H,6-9,11,14,16,20,24,26-27,30-36,38-42H2,1-3H3/b54-43-/t48-,49+,50+,51+,53-,55-,64+,65-,68-,70+/m0/s1. The smallest absolute Gasteiger partial charge is 0.340 e. The number of benzene rings is 4. The molecule has 4 heterocycles. The van der Waals surface area contributed by atoms with Gasteiger partial charge < -0.3 is 38.7 Å². The fraction of sp³-hybridized carbons (Fsp3) is 0.529. The Labute approximate surface area is 477 Å². The summed E-state index contributed by atoms with van der Waals surface area (Å²) in [4.78, 5) is 45.6. The Kier molecular flexibility index (Phi) is 15.9. The number of carbonyl (C=O) groups is 2. The van der Waals surface area contributed by atoms with Crippen LogP contribution in [0.25, 0.3) is 17.0 Å². The Hall–Kier alpha value is -5.85. The molecular weight excluding hydrogens is 1020 g/mol. The molecule has 428 valence electrons. The summed E-state index contributed by atoms with van der Waals surface area (Å²) >= 11 is 0. The van der Waals surface area contributed by atoms with E-state index in [0.717, 1.165) is 89.0 Å². The molecule has 81 heavy (non-hydrogen) atoms. The highest BCUT2D eigenvalue weighted by atomic mass is 16.6. The van der Waals surface area contributed by atoms with E-state index in [1.54, 1.807) is 13.0 Å². The van der Waals surface area contributed by atoms with E-state index in [0.29, 0.717) is 46.6 Å². The average molecular weight is 1100 g/mol. The highest BCUT2D eigenvalue weighted by molar-refractivity contribution is 5.90. The van der Waals surface area contributed by atoms with Crippen LogP contribution in [-0.4, -0.2) is 65.9 Å². The molecule has 3 aliphatic heterocycles. The van der Waals surface area contributed by atoms with Crippen LogP contribution in [0.3, 0.4) is 0 Å². The summed E-state index contributed by atoms with van der Waals surface area (Å²) in [5.74, 6) is -0.897. The van der Waals surface area contributed by atoms with Gasteiger partial charge >= 0.3 is 17.6 Å². The van der Waals surface area contributed by atoms with Gasteiger partial charge in [0.05, 0.1) is 25.4 Å².